The third kappa shape index (κ3) is 3.04. The first-order chi connectivity index (χ1) is 6.63. The maximum Gasteiger partial charge on any atom is 0.262 e. The molecule has 2 nitrogen and oxygen atoms in total. The Morgan fingerprint density at radius 2 is 2.00 bits per heavy atom. The van der Waals surface area contributed by atoms with Gasteiger partial charge in [0.15, 0.2) is 6.10 Å². The molecule has 1 aromatic rings. The number of carbonyl (C=O) groups is 1. The van der Waals surface area contributed by atoms with Gasteiger partial charge in [0.25, 0.3) is 5.24 Å². The van der Waals surface area contributed by atoms with Gasteiger partial charge in [-0.25, -0.2) is 0 Å². The van der Waals surface area contributed by atoms with Gasteiger partial charge in [0.05, 0.1) is 0 Å². The van der Waals surface area contributed by atoms with Crippen molar-refractivity contribution < 1.29 is 9.53 Å². The summed E-state index contributed by atoms with van der Waals surface area (Å²) >= 11 is 5.36. The van der Waals surface area contributed by atoms with E-state index in [-0.39, 0.29) is 0 Å². The summed E-state index contributed by atoms with van der Waals surface area (Å²) in [5.74, 6) is 0.677. The lowest BCUT2D eigenvalue weighted by atomic mass is 10.2. The van der Waals surface area contributed by atoms with Crippen LogP contribution in [0.1, 0.15) is 18.9 Å². The molecule has 0 N–H and O–H groups in total. The van der Waals surface area contributed by atoms with E-state index in [2.05, 4.69) is 0 Å². The molecular formula is C11H13ClO2. The Morgan fingerprint density at radius 1 is 1.43 bits per heavy atom. The molecule has 0 saturated heterocycles. The van der Waals surface area contributed by atoms with E-state index in [9.17, 15) is 4.79 Å². The van der Waals surface area contributed by atoms with E-state index in [0.29, 0.717) is 12.2 Å². The first kappa shape index (κ1) is 11.1. The lowest BCUT2D eigenvalue weighted by Gasteiger charge is -2.13. The van der Waals surface area contributed by atoms with Gasteiger partial charge in [0.1, 0.15) is 5.75 Å². The van der Waals surface area contributed by atoms with Crippen molar-refractivity contribution in [1.82, 2.24) is 0 Å². The molecule has 0 aliphatic heterocycles. The molecule has 0 radical (unpaired) electrons. The number of hydrogen-bond acceptors (Lipinski definition) is 2. The van der Waals surface area contributed by atoms with Gasteiger partial charge in [-0.05, 0) is 37.1 Å². The quantitative estimate of drug-likeness (QED) is 0.718. The molecule has 1 unspecified atom stereocenters. The number of carbonyl (C=O) groups excluding carboxylic acids is 1. The van der Waals surface area contributed by atoms with E-state index in [1.807, 2.05) is 38.1 Å². The molecule has 0 fully saturated rings. The molecular weight excluding hydrogens is 200 g/mol. The monoisotopic (exact) mass is 212 g/mol. The summed E-state index contributed by atoms with van der Waals surface area (Å²) in [5, 5.41) is -0.451. The number of rotatable bonds is 4. The SMILES string of the molecule is CCC(Oc1ccc(C)cc1)C(=O)Cl. The van der Waals surface area contributed by atoms with E-state index >= 15 is 0 Å². The summed E-state index contributed by atoms with van der Waals surface area (Å²) in [6.07, 6.45) is 0.0373. The molecule has 76 valence electrons. The molecule has 0 aliphatic carbocycles. The number of benzene rings is 1. The average Bonchev–Trinajstić information content (AvgIpc) is 2.16. The predicted molar refractivity (Wildman–Crippen MR) is 56.7 cm³/mol. The molecule has 0 bridgehead atoms. The van der Waals surface area contributed by atoms with Gasteiger partial charge in [-0.1, -0.05) is 24.6 Å². The fourth-order valence-corrected chi connectivity index (χ4v) is 1.27. The zero-order valence-corrected chi connectivity index (χ0v) is 9.04. The average molecular weight is 213 g/mol. The van der Waals surface area contributed by atoms with E-state index in [4.69, 9.17) is 16.3 Å². The van der Waals surface area contributed by atoms with Crippen molar-refractivity contribution in [3.8, 4) is 5.75 Å². The van der Waals surface area contributed by atoms with Gasteiger partial charge in [-0.2, -0.15) is 0 Å². The molecule has 0 spiro atoms. The standard InChI is InChI=1S/C11H13ClO2/c1-3-10(11(12)13)14-9-6-4-8(2)5-7-9/h4-7,10H,3H2,1-2H3. The van der Waals surface area contributed by atoms with E-state index in [1.165, 1.54) is 0 Å². The lowest BCUT2D eigenvalue weighted by molar-refractivity contribution is -0.117. The van der Waals surface area contributed by atoms with Gasteiger partial charge >= 0.3 is 0 Å². The first-order valence-corrected chi connectivity index (χ1v) is 4.94. The van der Waals surface area contributed by atoms with Gasteiger partial charge in [0.2, 0.25) is 0 Å². The van der Waals surface area contributed by atoms with E-state index < -0.39 is 11.3 Å². The van der Waals surface area contributed by atoms with Crippen molar-refractivity contribution in [2.75, 3.05) is 0 Å². The highest BCUT2D eigenvalue weighted by Gasteiger charge is 2.15. The van der Waals surface area contributed by atoms with Crippen LogP contribution in [-0.4, -0.2) is 11.3 Å². The van der Waals surface area contributed by atoms with Crippen molar-refractivity contribution >= 4 is 16.8 Å². The van der Waals surface area contributed by atoms with Gasteiger partial charge in [-0.3, -0.25) is 4.79 Å². The molecule has 0 aliphatic rings. The highest BCUT2D eigenvalue weighted by atomic mass is 35.5. The van der Waals surface area contributed by atoms with E-state index in [0.717, 1.165) is 5.56 Å². The van der Waals surface area contributed by atoms with Crippen LogP contribution < -0.4 is 4.74 Å². The Kier molecular flexibility index (Phi) is 3.96. The van der Waals surface area contributed by atoms with Crippen LogP contribution in [0.15, 0.2) is 24.3 Å². The molecule has 0 saturated carbocycles. The van der Waals surface area contributed by atoms with Crippen molar-refractivity contribution in [1.29, 1.82) is 0 Å². The summed E-state index contributed by atoms with van der Waals surface area (Å²) in [6, 6.07) is 7.52. The minimum absolute atomic E-state index is 0.451. The van der Waals surface area contributed by atoms with Gasteiger partial charge < -0.3 is 4.74 Å². The Bertz CT molecular complexity index is 306. The van der Waals surface area contributed by atoms with Crippen molar-refractivity contribution in [3.63, 3.8) is 0 Å². The number of ether oxygens (including phenoxy) is 1. The van der Waals surface area contributed by atoms with Crippen molar-refractivity contribution in [3.05, 3.63) is 29.8 Å². The summed E-state index contributed by atoms with van der Waals surface area (Å²) < 4.78 is 5.40. The van der Waals surface area contributed by atoms with Crippen LogP contribution in [0.3, 0.4) is 0 Å². The normalized spacial score (nSPS) is 12.2. The highest BCUT2D eigenvalue weighted by Crippen LogP contribution is 2.15. The second kappa shape index (κ2) is 5.01. The number of hydrogen-bond donors (Lipinski definition) is 0. The van der Waals surface area contributed by atoms with Crippen molar-refractivity contribution in [2.24, 2.45) is 0 Å². The Labute approximate surface area is 88.8 Å². The fourth-order valence-electron chi connectivity index (χ4n) is 1.07. The summed E-state index contributed by atoms with van der Waals surface area (Å²) in [4.78, 5) is 10.9. The molecule has 1 atom stereocenters. The van der Waals surface area contributed by atoms with Crippen LogP contribution in [0.2, 0.25) is 0 Å². The van der Waals surface area contributed by atoms with Gasteiger partial charge in [0, 0.05) is 0 Å². The van der Waals surface area contributed by atoms with Crippen LogP contribution in [-0.2, 0) is 4.79 Å². The van der Waals surface area contributed by atoms with Crippen molar-refractivity contribution in [2.45, 2.75) is 26.4 Å². The molecule has 1 aromatic carbocycles. The number of halogens is 1. The molecule has 1 rings (SSSR count). The predicted octanol–water partition coefficient (Wildman–Crippen LogP) is 2.92. The maximum atomic E-state index is 10.9. The zero-order chi connectivity index (χ0) is 10.6. The highest BCUT2D eigenvalue weighted by molar-refractivity contribution is 6.64. The zero-order valence-electron chi connectivity index (χ0n) is 8.29. The van der Waals surface area contributed by atoms with E-state index in [1.54, 1.807) is 0 Å². The molecule has 3 heteroatoms. The molecule has 0 heterocycles. The maximum absolute atomic E-state index is 10.9. The minimum Gasteiger partial charge on any atom is -0.481 e. The van der Waals surface area contributed by atoms with Crippen LogP contribution in [0, 0.1) is 6.92 Å². The van der Waals surface area contributed by atoms with Crippen LogP contribution >= 0.6 is 11.6 Å². The Balaban J connectivity index is 2.67. The number of aryl methyl sites for hydroxylation is 1. The molecule has 14 heavy (non-hydrogen) atoms. The smallest absolute Gasteiger partial charge is 0.262 e. The summed E-state index contributed by atoms with van der Waals surface area (Å²) in [7, 11) is 0. The Hall–Kier alpha value is -1.02. The lowest BCUT2D eigenvalue weighted by Crippen LogP contribution is -2.22. The largest absolute Gasteiger partial charge is 0.481 e. The molecule has 0 amide bonds. The second-order valence-electron chi connectivity index (χ2n) is 3.13. The second-order valence-corrected chi connectivity index (χ2v) is 3.50. The van der Waals surface area contributed by atoms with Crippen LogP contribution in [0.5, 0.6) is 5.75 Å². The minimum atomic E-state index is -0.542. The third-order valence-electron chi connectivity index (χ3n) is 1.92. The van der Waals surface area contributed by atoms with Crippen LogP contribution in [0.4, 0.5) is 0 Å². The molecule has 0 aromatic heterocycles. The van der Waals surface area contributed by atoms with Crippen LogP contribution in [0.25, 0.3) is 0 Å². The summed E-state index contributed by atoms with van der Waals surface area (Å²) in [6.45, 7) is 3.85. The van der Waals surface area contributed by atoms with Gasteiger partial charge in [-0.15, -0.1) is 0 Å². The fraction of sp³-hybridized carbons (Fsp3) is 0.364. The third-order valence-corrected chi connectivity index (χ3v) is 2.17. The first-order valence-electron chi connectivity index (χ1n) is 4.56. The topological polar surface area (TPSA) is 26.3 Å². The Morgan fingerprint density at radius 3 is 2.43 bits per heavy atom. The summed E-state index contributed by atoms with van der Waals surface area (Å²) in [5.41, 5.74) is 1.16.